The molecule has 0 radical (unpaired) electrons. The van der Waals surface area contributed by atoms with Gasteiger partial charge in [-0.2, -0.15) is 0 Å². The number of anilines is 1. The minimum atomic E-state index is -0.283. The van der Waals surface area contributed by atoms with Crippen LogP contribution in [-0.4, -0.2) is 30.9 Å². The summed E-state index contributed by atoms with van der Waals surface area (Å²) in [6.07, 6.45) is 1.95. The summed E-state index contributed by atoms with van der Waals surface area (Å²) >= 11 is 0. The normalized spacial score (nSPS) is 18.5. The van der Waals surface area contributed by atoms with Gasteiger partial charge in [-0.25, -0.2) is 0 Å². The molecule has 130 valence electrons. The fourth-order valence-electron chi connectivity index (χ4n) is 4.17. The first-order chi connectivity index (χ1) is 12.0. The van der Waals surface area contributed by atoms with E-state index in [4.69, 9.17) is 0 Å². The highest BCUT2D eigenvalue weighted by Gasteiger charge is 2.53. The lowest BCUT2D eigenvalue weighted by Gasteiger charge is -2.27. The van der Waals surface area contributed by atoms with E-state index >= 15 is 0 Å². The summed E-state index contributed by atoms with van der Waals surface area (Å²) in [4.78, 5) is 17.8. The zero-order valence-electron chi connectivity index (χ0n) is 15.4. The van der Waals surface area contributed by atoms with Crippen LogP contribution in [0.1, 0.15) is 35.1 Å². The highest BCUT2D eigenvalue weighted by atomic mass is 16.2. The number of aryl methyl sites for hydroxylation is 2. The number of rotatable bonds is 2. The maximum atomic E-state index is 13.5. The third-order valence-corrected chi connectivity index (χ3v) is 5.69. The van der Waals surface area contributed by atoms with Gasteiger partial charge in [0, 0.05) is 32.4 Å². The van der Waals surface area contributed by atoms with Gasteiger partial charge in [-0.05, 0) is 43.9 Å². The van der Waals surface area contributed by atoms with Gasteiger partial charge in [0.2, 0.25) is 5.91 Å². The van der Waals surface area contributed by atoms with E-state index in [1.807, 2.05) is 0 Å². The van der Waals surface area contributed by atoms with Gasteiger partial charge in [-0.15, -0.1) is 0 Å². The SMILES string of the molecule is Cc1cc(C)cc(C2(C(=O)N3CCN(C)c4ccccc4C3)CC2)c1. The fourth-order valence-corrected chi connectivity index (χ4v) is 4.17. The van der Waals surface area contributed by atoms with Crippen LogP contribution in [-0.2, 0) is 16.8 Å². The molecule has 1 aliphatic heterocycles. The van der Waals surface area contributed by atoms with E-state index in [9.17, 15) is 4.79 Å². The molecule has 3 nitrogen and oxygen atoms in total. The molecule has 2 aromatic rings. The van der Waals surface area contributed by atoms with Crippen molar-refractivity contribution >= 4 is 11.6 Å². The van der Waals surface area contributed by atoms with Crippen LogP contribution in [0.4, 0.5) is 5.69 Å². The van der Waals surface area contributed by atoms with Gasteiger partial charge in [0.05, 0.1) is 5.41 Å². The second kappa shape index (κ2) is 5.91. The second-order valence-electron chi connectivity index (χ2n) is 7.74. The standard InChI is InChI=1S/C22H26N2O/c1-16-12-17(2)14-19(13-16)22(8-9-22)21(25)24-11-10-23(3)20-7-5-4-6-18(20)15-24/h4-7,12-14H,8-11,15H2,1-3H3. The third kappa shape index (κ3) is 2.82. The summed E-state index contributed by atoms with van der Waals surface area (Å²) in [5.74, 6) is 0.308. The van der Waals surface area contributed by atoms with E-state index in [1.54, 1.807) is 0 Å². The second-order valence-corrected chi connectivity index (χ2v) is 7.74. The number of benzene rings is 2. The summed E-state index contributed by atoms with van der Waals surface area (Å²) in [7, 11) is 2.11. The highest BCUT2D eigenvalue weighted by molar-refractivity contribution is 5.91. The molecular formula is C22H26N2O. The molecule has 1 aliphatic carbocycles. The largest absolute Gasteiger partial charge is 0.373 e. The Hall–Kier alpha value is -2.29. The van der Waals surface area contributed by atoms with Gasteiger partial charge >= 0.3 is 0 Å². The first kappa shape index (κ1) is 16.2. The lowest BCUT2D eigenvalue weighted by Crippen LogP contribution is -2.41. The molecule has 0 unspecified atom stereocenters. The maximum absolute atomic E-state index is 13.5. The Morgan fingerprint density at radius 1 is 1.00 bits per heavy atom. The van der Waals surface area contributed by atoms with E-state index < -0.39 is 0 Å². The summed E-state index contributed by atoms with van der Waals surface area (Å²) in [6.45, 7) is 6.62. The minimum Gasteiger partial charge on any atom is -0.373 e. The molecule has 0 aromatic heterocycles. The maximum Gasteiger partial charge on any atom is 0.233 e. The summed E-state index contributed by atoms with van der Waals surface area (Å²) in [6, 6.07) is 15.0. The molecule has 1 saturated carbocycles. The minimum absolute atomic E-state index is 0.283. The van der Waals surface area contributed by atoms with E-state index in [0.717, 1.165) is 25.9 Å². The Morgan fingerprint density at radius 2 is 1.68 bits per heavy atom. The molecule has 0 atom stereocenters. The molecule has 1 amide bonds. The number of likely N-dealkylation sites (N-methyl/N-ethyl adjacent to an activating group) is 1. The van der Waals surface area contributed by atoms with Gasteiger partial charge in [0.1, 0.15) is 0 Å². The molecule has 0 N–H and O–H groups in total. The van der Waals surface area contributed by atoms with Crippen LogP contribution in [0.2, 0.25) is 0 Å². The number of hydrogen-bond acceptors (Lipinski definition) is 2. The quantitative estimate of drug-likeness (QED) is 0.834. The zero-order valence-corrected chi connectivity index (χ0v) is 15.4. The van der Waals surface area contributed by atoms with Crippen molar-refractivity contribution in [2.24, 2.45) is 0 Å². The van der Waals surface area contributed by atoms with Crippen molar-refractivity contribution in [3.05, 3.63) is 64.7 Å². The van der Waals surface area contributed by atoms with E-state index in [2.05, 4.69) is 73.2 Å². The molecule has 0 bridgehead atoms. The van der Waals surface area contributed by atoms with Crippen LogP contribution < -0.4 is 4.90 Å². The smallest absolute Gasteiger partial charge is 0.233 e. The van der Waals surface area contributed by atoms with Gasteiger partial charge in [-0.3, -0.25) is 4.79 Å². The van der Waals surface area contributed by atoms with Crippen LogP contribution in [0.15, 0.2) is 42.5 Å². The van der Waals surface area contributed by atoms with Gasteiger partial charge < -0.3 is 9.80 Å². The van der Waals surface area contributed by atoms with E-state index in [1.165, 1.54) is 27.9 Å². The number of fused-ring (bicyclic) bond motifs is 1. The fraction of sp³-hybridized carbons (Fsp3) is 0.409. The van der Waals surface area contributed by atoms with Crippen molar-refractivity contribution in [1.29, 1.82) is 0 Å². The Morgan fingerprint density at radius 3 is 2.36 bits per heavy atom. The number of nitrogens with zero attached hydrogens (tertiary/aromatic N) is 2. The first-order valence-electron chi connectivity index (χ1n) is 9.17. The summed E-state index contributed by atoms with van der Waals surface area (Å²) in [5, 5.41) is 0. The van der Waals surface area contributed by atoms with E-state index in [-0.39, 0.29) is 5.41 Å². The third-order valence-electron chi connectivity index (χ3n) is 5.69. The molecule has 1 heterocycles. The van der Waals surface area contributed by atoms with Crippen molar-refractivity contribution in [3.8, 4) is 0 Å². The number of carbonyl (C=O) groups is 1. The van der Waals surface area contributed by atoms with Gasteiger partial charge in [-0.1, -0.05) is 47.5 Å². The van der Waals surface area contributed by atoms with Crippen molar-refractivity contribution in [3.63, 3.8) is 0 Å². The summed E-state index contributed by atoms with van der Waals surface area (Å²) < 4.78 is 0. The molecular weight excluding hydrogens is 308 g/mol. The molecule has 0 saturated heterocycles. The average molecular weight is 334 g/mol. The predicted molar refractivity (Wildman–Crippen MR) is 102 cm³/mol. The molecule has 3 heteroatoms. The predicted octanol–water partition coefficient (Wildman–Crippen LogP) is 3.81. The van der Waals surface area contributed by atoms with Gasteiger partial charge in [0.15, 0.2) is 0 Å². The van der Waals surface area contributed by atoms with Crippen LogP contribution >= 0.6 is 0 Å². The zero-order chi connectivity index (χ0) is 17.6. The van der Waals surface area contributed by atoms with E-state index in [0.29, 0.717) is 12.5 Å². The summed E-state index contributed by atoms with van der Waals surface area (Å²) in [5.41, 5.74) is 5.90. The Balaban J connectivity index is 1.65. The monoisotopic (exact) mass is 334 g/mol. The van der Waals surface area contributed by atoms with Crippen molar-refractivity contribution in [2.45, 2.75) is 38.6 Å². The number of amides is 1. The molecule has 1 fully saturated rings. The topological polar surface area (TPSA) is 23.6 Å². The Kier molecular flexibility index (Phi) is 3.82. The number of carbonyl (C=O) groups excluding carboxylic acids is 1. The Labute approximate surface area is 150 Å². The van der Waals surface area contributed by atoms with Crippen LogP contribution in [0.3, 0.4) is 0 Å². The van der Waals surface area contributed by atoms with Crippen molar-refractivity contribution < 1.29 is 4.79 Å². The van der Waals surface area contributed by atoms with Crippen LogP contribution in [0.5, 0.6) is 0 Å². The molecule has 0 spiro atoms. The number of hydrogen-bond donors (Lipinski definition) is 0. The molecule has 4 rings (SSSR count). The highest BCUT2D eigenvalue weighted by Crippen LogP contribution is 2.50. The van der Waals surface area contributed by atoms with Gasteiger partial charge in [0.25, 0.3) is 0 Å². The lowest BCUT2D eigenvalue weighted by atomic mass is 9.91. The molecule has 2 aromatic carbocycles. The number of para-hydroxylation sites is 1. The lowest BCUT2D eigenvalue weighted by molar-refractivity contribution is -0.134. The Bertz CT molecular complexity index is 802. The van der Waals surface area contributed by atoms with Crippen LogP contribution in [0.25, 0.3) is 0 Å². The van der Waals surface area contributed by atoms with Crippen molar-refractivity contribution in [2.75, 3.05) is 25.0 Å². The first-order valence-corrected chi connectivity index (χ1v) is 9.17. The molecule has 25 heavy (non-hydrogen) atoms. The average Bonchev–Trinajstić information content (AvgIpc) is 3.39. The molecule has 2 aliphatic rings. The van der Waals surface area contributed by atoms with Crippen LogP contribution in [0, 0.1) is 13.8 Å². The van der Waals surface area contributed by atoms with Crippen molar-refractivity contribution in [1.82, 2.24) is 4.90 Å².